The molecule has 0 aromatic carbocycles. The fourth-order valence-corrected chi connectivity index (χ4v) is 2.09. The van der Waals surface area contributed by atoms with Crippen molar-refractivity contribution in [3.63, 3.8) is 0 Å². The molecule has 0 saturated carbocycles. The average molecular weight is 226 g/mol. The third-order valence-corrected chi connectivity index (χ3v) is 3.00. The van der Waals surface area contributed by atoms with E-state index < -0.39 is 0 Å². The molecule has 2 rings (SSSR count). The minimum atomic E-state index is 0. The zero-order chi connectivity index (χ0) is 10.8. The summed E-state index contributed by atoms with van der Waals surface area (Å²) in [6.45, 7) is 3.60. The maximum Gasteiger partial charge on any atom is 0.0161 e. The van der Waals surface area contributed by atoms with E-state index in [1.807, 2.05) is 7.05 Å². The van der Waals surface area contributed by atoms with Gasteiger partial charge in [0.2, 0.25) is 0 Å². The summed E-state index contributed by atoms with van der Waals surface area (Å²) in [6.07, 6.45) is 12.0. The van der Waals surface area contributed by atoms with Crippen molar-refractivity contribution in [2.45, 2.75) is 52.4 Å². The van der Waals surface area contributed by atoms with Gasteiger partial charge in [-0.1, -0.05) is 25.5 Å². The molecular weight excluding hydrogens is 196 g/mol. The Morgan fingerprint density at radius 1 is 1.12 bits per heavy atom. The number of rotatable bonds is 2. The molecule has 0 radical (unpaired) electrons. The normalized spacial score (nSPS) is 19.9. The van der Waals surface area contributed by atoms with Gasteiger partial charge in [-0.15, -0.1) is 0 Å². The van der Waals surface area contributed by atoms with Gasteiger partial charge in [-0.3, -0.25) is 0 Å². The van der Waals surface area contributed by atoms with Crippen LogP contribution >= 0.6 is 0 Å². The average Bonchev–Trinajstić information content (AvgIpc) is 2.34. The van der Waals surface area contributed by atoms with Crippen molar-refractivity contribution < 1.29 is 0 Å². The Hall–Kier alpha value is -0.340. The fraction of sp³-hybridized carbons (Fsp3) is 0.857. The molecule has 2 heteroatoms. The lowest BCUT2D eigenvalue weighted by Gasteiger charge is -2.10. The third kappa shape index (κ3) is 7.89. The van der Waals surface area contributed by atoms with Crippen LogP contribution in [0.5, 0.6) is 0 Å². The molecule has 0 spiro atoms. The lowest BCUT2D eigenvalue weighted by atomic mass is 10.00. The Bertz CT molecular complexity index is 160. The summed E-state index contributed by atoms with van der Waals surface area (Å²) < 4.78 is 0. The fourth-order valence-electron chi connectivity index (χ4n) is 2.09. The van der Waals surface area contributed by atoms with Gasteiger partial charge in [-0.05, 0) is 58.7 Å². The Balaban J connectivity index is 0.000000283. The van der Waals surface area contributed by atoms with Crippen LogP contribution in [0.15, 0.2) is 11.6 Å². The van der Waals surface area contributed by atoms with Crippen molar-refractivity contribution in [3.05, 3.63) is 11.6 Å². The number of allylic oxidation sites excluding steroid dienone is 1. The van der Waals surface area contributed by atoms with Gasteiger partial charge in [-0.25, -0.2) is 0 Å². The van der Waals surface area contributed by atoms with Crippen molar-refractivity contribution in [1.82, 2.24) is 10.6 Å². The smallest absolute Gasteiger partial charge is 0.0161 e. The van der Waals surface area contributed by atoms with Gasteiger partial charge in [0.1, 0.15) is 0 Å². The molecule has 2 nitrogen and oxygen atoms in total. The van der Waals surface area contributed by atoms with Crippen LogP contribution in [-0.4, -0.2) is 26.7 Å². The topological polar surface area (TPSA) is 24.1 Å². The standard InChI is InChI=1S/C8H15N.C5H11N.CH4/c1-9-7-8-5-3-2-4-6-8;1-2-4-6-5-3-1;/h5,9H,2-4,6-7H2,1H3;6H,1-5H2;1H4. The summed E-state index contributed by atoms with van der Waals surface area (Å²) in [7, 11) is 2.01. The van der Waals surface area contributed by atoms with Crippen molar-refractivity contribution >= 4 is 0 Å². The summed E-state index contributed by atoms with van der Waals surface area (Å²) in [5.74, 6) is 0. The summed E-state index contributed by atoms with van der Waals surface area (Å²) in [5, 5.41) is 6.45. The van der Waals surface area contributed by atoms with E-state index in [2.05, 4.69) is 16.7 Å². The molecule has 96 valence electrons. The number of hydrogen-bond donors (Lipinski definition) is 2. The molecule has 0 bridgehead atoms. The van der Waals surface area contributed by atoms with Gasteiger partial charge in [0.05, 0.1) is 0 Å². The van der Waals surface area contributed by atoms with Crippen molar-refractivity contribution in [3.8, 4) is 0 Å². The van der Waals surface area contributed by atoms with E-state index in [4.69, 9.17) is 0 Å². The van der Waals surface area contributed by atoms with Crippen LogP contribution in [0.3, 0.4) is 0 Å². The monoisotopic (exact) mass is 226 g/mol. The first-order valence-corrected chi connectivity index (χ1v) is 6.46. The maximum absolute atomic E-state index is 3.28. The van der Waals surface area contributed by atoms with Gasteiger partial charge in [0.25, 0.3) is 0 Å². The largest absolute Gasteiger partial charge is 0.317 e. The summed E-state index contributed by atoms with van der Waals surface area (Å²) in [4.78, 5) is 0. The third-order valence-electron chi connectivity index (χ3n) is 3.00. The molecule has 16 heavy (non-hydrogen) atoms. The Morgan fingerprint density at radius 2 is 1.88 bits per heavy atom. The van der Waals surface area contributed by atoms with E-state index in [0.717, 1.165) is 6.54 Å². The quantitative estimate of drug-likeness (QED) is 0.707. The van der Waals surface area contributed by atoms with Gasteiger partial charge < -0.3 is 10.6 Å². The molecule has 0 aromatic heterocycles. The zero-order valence-corrected chi connectivity index (χ0v) is 10.1. The van der Waals surface area contributed by atoms with Crippen LogP contribution in [0.4, 0.5) is 0 Å². The van der Waals surface area contributed by atoms with Crippen molar-refractivity contribution in [2.75, 3.05) is 26.7 Å². The number of piperidine rings is 1. The van der Waals surface area contributed by atoms with E-state index in [1.54, 1.807) is 5.57 Å². The lowest BCUT2D eigenvalue weighted by Crippen LogP contribution is -2.21. The molecule has 2 aliphatic rings. The molecule has 1 saturated heterocycles. The van der Waals surface area contributed by atoms with Crippen LogP contribution in [0, 0.1) is 0 Å². The predicted molar refractivity (Wildman–Crippen MR) is 73.9 cm³/mol. The van der Waals surface area contributed by atoms with Crippen LogP contribution < -0.4 is 10.6 Å². The molecule has 1 aliphatic carbocycles. The summed E-state index contributed by atoms with van der Waals surface area (Å²) in [6, 6.07) is 0. The van der Waals surface area contributed by atoms with Gasteiger partial charge in [0, 0.05) is 6.54 Å². The van der Waals surface area contributed by atoms with Crippen LogP contribution in [0.1, 0.15) is 52.4 Å². The second-order valence-electron chi connectivity index (χ2n) is 4.45. The maximum atomic E-state index is 3.28. The molecule has 0 aromatic rings. The molecule has 0 atom stereocenters. The van der Waals surface area contributed by atoms with Crippen molar-refractivity contribution in [2.24, 2.45) is 0 Å². The van der Waals surface area contributed by atoms with Gasteiger partial charge in [0.15, 0.2) is 0 Å². The Morgan fingerprint density at radius 3 is 2.25 bits per heavy atom. The highest BCUT2D eigenvalue weighted by Gasteiger charge is 2.00. The van der Waals surface area contributed by atoms with E-state index in [1.165, 1.54) is 58.0 Å². The minimum absolute atomic E-state index is 0. The molecule has 0 unspecified atom stereocenters. The van der Waals surface area contributed by atoms with Gasteiger partial charge >= 0.3 is 0 Å². The van der Waals surface area contributed by atoms with Gasteiger partial charge in [-0.2, -0.15) is 0 Å². The first-order chi connectivity index (χ1) is 7.43. The second-order valence-corrected chi connectivity index (χ2v) is 4.45. The molecule has 1 aliphatic heterocycles. The van der Waals surface area contributed by atoms with E-state index in [-0.39, 0.29) is 7.43 Å². The number of hydrogen-bond acceptors (Lipinski definition) is 2. The summed E-state index contributed by atoms with van der Waals surface area (Å²) >= 11 is 0. The number of likely N-dealkylation sites (N-methyl/N-ethyl adjacent to an activating group) is 1. The van der Waals surface area contributed by atoms with E-state index in [9.17, 15) is 0 Å². The van der Waals surface area contributed by atoms with E-state index >= 15 is 0 Å². The highest BCUT2D eigenvalue weighted by Crippen LogP contribution is 2.15. The lowest BCUT2D eigenvalue weighted by molar-refractivity contribution is 0.520. The second kappa shape index (κ2) is 11.2. The first kappa shape index (κ1) is 15.7. The summed E-state index contributed by atoms with van der Waals surface area (Å²) in [5.41, 5.74) is 1.60. The molecule has 1 heterocycles. The Kier molecular flexibility index (Phi) is 10.9. The molecular formula is C14H30N2. The SMILES string of the molecule is C.C1CCNCC1.CNCC1=CCCCC1. The molecule has 1 fully saturated rings. The van der Waals surface area contributed by atoms with Crippen LogP contribution in [0.25, 0.3) is 0 Å². The first-order valence-electron chi connectivity index (χ1n) is 6.46. The highest BCUT2D eigenvalue weighted by atomic mass is 14.9. The Labute approximate surface area is 102 Å². The molecule has 2 N–H and O–H groups in total. The molecule has 0 amide bonds. The van der Waals surface area contributed by atoms with Crippen LogP contribution in [-0.2, 0) is 0 Å². The van der Waals surface area contributed by atoms with Crippen LogP contribution in [0.2, 0.25) is 0 Å². The minimum Gasteiger partial charge on any atom is -0.317 e. The van der Waals surface area contributed by atoms with E-state index in [0.29, 0.717) is 0 Å². The number of nitrogens with one attached hydrogen (secondary N) is 2. The predicted octanol–water partition coefficient (Wildman–Crippen LogP) is 3.10. The van der Waals surface area contributed by atoms with Crippen molar-refractivity contribution in [1.29, 1.82) is 0 Å². The highest BCUT2D eigenvalue weighted by molar-refractivity contribution is 5.06. The zero-order valence-electron chi connectivity index (χ0n) is 10.1.